The third-order valence-corrected chi connectivity index (χ3v) is 3.75. The van der Waals surface area contributed by atoms with Gasteiger partial charge in [-0.3, -0.25) is 0 Å². The number of nitrogens with one attached hydrogen (secondary N) is 1. The van der Waals surface area contributed by atoms with Crippen molar-refractivity contribution < 1.29 is 4.74 Å². The minimum Gasteiger partial charge on any atom is -0.378 e. The predicted octanol–water partition coefficient (Wildman–Crippen LogP) is 2.48. The van der Waals surface area contributed by atoms with Crippen LogP contribution >= 0.6 is 0 Å². The molecule has 2 aliphatic heterocycles. The molecule has 2 atom stereocenters. The Balaban J connectivity index is 1.72. The zero-order valence-corrected chi connectivity index (χ0v) is 9.35. The van der Waals surface area contributed by atoms with Gasteiger partial charge >= 0.3 is 0 Å². The van der Waals surface area contributed by atoms with Crippen molar-refractivity contribution in [1.82, 2.24) is 5.32 Å². The van der Waals surface area contributed by atoms with Crippen molar-refractivity contribution in [3.8, 4) is 0 Å². The van der Waals surface area contributed by atoms with E-state index in [1.165, 1.54) is 51.5 Å². The predicted molar refractivity (Wildman–Crippen MR) is 58.5 cm³/mol. The van der Waals surface area contributed by atoms with Gasteiger partial charge in [0.05, 0.1) is 6.10 Å². The molecular formula is C12H23NO. The molecule has 0 aromatic rings. The van der Waals surface area contributed by atoms with Crippen LogP contribution in [0.3, 0.4) is 0 Å². The molecule has 2 saturated heterocycles. The summed E-state index contributed by atoms with van der Waals surface area (Å²) in [5.41, 5.74) is 0.407. The van der Waals surface area contributed by atoms with Crippen LogP contribution in [0.1, 0.15) is 51.9 Å². The second-order valence-electron chi connectivity index (χ2n) is 5.12. The van der Waals surface area contributed by atoms with Crippen LogP contribution in [0.4, 0.5) is 0 Å². The van der Waals surface area contributed by atoms with Crippen LogP contribution in [0, 0.1) is 0 Å². The lowest BCUT2D eigenvalue weighted by molar-refractivity contribution is 0.0912. The molecule has 0 aromatic carbocycles. The van der Waals surface area contributed by atoms with Gasteiger partial charge in [0, 0.05) is 12.1 Å². The van der Waals surface area contributed by atoms with Crippen molar-refractivity contribution in [1.29, 1.82) is 0 Å². The largest absolute Gasteiger partial charge is 0.378 e. The molecule has 14 heavy (non-hydrogen) atoms. The van der Waals surface area contributed by atoms with Crippen LogP contribution in [-0.2, 0) is 4.74 Å². The van der Waals surface area contributed by atoms with Crippen molar-refractivity contribution >= 4 is 0 Å². The molecule has 0 saturated carbocycles. The molecule has 82 valence electrons. The SMILES string of the molecule is CC1(CCC2CCCO2)CCCCN1. The summed E-state index contributed by atoms with van der Waals surface area (Å²) in [6.45, 7) is 4.58. The van der Waals surface area contributed by atoms with Crippen LogP contribution in [-0.4, -0.2) is 24.8 Å². The average Bonchev–Trinajstić information content (AvgIpc) is 2.69. The third kappa shape index (κ3) is 2.71. The highest BCUT2D eigenvalue weighted by Gasteiger charge is 2.27. The first-order chi connectivity index (χ1) is 6.79. The Morgan fingerprint density at radius 1 is 1.36 bits per heavy atom. The number of hydrogen-bond acceptors (Lipinski definition) is 2. The molecule has 2 nitrogen and oxygen atoms in total. The van der Waals surface area contributed by atoms with Gasteiger partial charge in [0.25, 0.3) is 0 Å². The standard InChI is InChI=1S/C12H23NO/c1-12(7-2-3-9-13-12)8-6-11-5-4-10-14-11/h11,13H,2-10H2,1H3. The van der Waals surface area contributed by atoms with E-state index in [-0.39, 0.29) is 0 Å². The highest BCUT2D eigenvalue weighted by Crippen LogP contribution is 2.27. The Morgan fingerprint density at radius 2 is 2.29 bits per heavy atom. The minimum atomic E-state index is 0.407. The molecule has 2 heteroatoms. The van der Waals surface area contributed by atoms with Crippen molar-refractivity contribution in [2.45, 2.75) is 63.5 Å². The normalized spacial score (nSPS) is 38.8. The van der Waals surface area contributed by atoms with Gasteiger partial charge < -0.3 is 10.1 Å². The van der Waals surface area contributed by atoms with Crippen molar-refractivity contribution in [2.75, 3.05) is 13.2 Å². The molecule has 2 heterocycles. The topological polar surface area (TPSA) is 21.3 Å². The highest BCUT2D eigenvalue weighted by atomic mass is 16.5. The van der Waals surface area contributed by atoms with Gasteiger partial charge in [-0.15, -0.1) is 0 Å². The molecule has 0 aliphatic carbocycles. The van der Waals surface area contributed by atoms with E-state index >= 15 is 0 Å². The first-order valence-corrected chi connectivity index (χ1v) is 6.15. The smallest absolute Gasteiger partial charge is 0.0576 e. The second-order valence-corrected chi connectivity index (χ2v) is 5.12. The fourth-order valence-electron chi connectivity index (χ4n) is 2.68. The summed E-state index contributed by atoms with van der Waals surface area (Å²) in [6.07, 6.45) is 9.77. The molecule has 2 rings (SSSR count). The molecule has 2 unspecified atom stereocenters. The zero-order chi connectivity index (χ0) is 9.86. The molecule has 0 amide bonds. The molecular weight excluding hydrogens is 174 g/mol. The van der Waals surface area contributed by atoms with Gasteiger partial charge in [-0.1, -0.05) is 6.42 Å². The summed E-state index contributed by atoms with van der Waals surface area (Å²) >= 11 is 0. The number of rotatable bonds is 3. The maximum Gasteiger partial charge on any atom is 0.0576 e. The summed E-state index contributed by atoms with van der Waals surface area (Å²) in [6, 6.07) is 0. The van der Waals surface area contributed by atoms with E-state index in [9.17, 15) is 0 Å². The van der Waals surface area contributed by atoms with Gasteiger partial charge in [0.1, 0.15) is 0 Å². The molecule has 0 radical (unpaired) electrons. The van der Waals surface area contributed by atoms with Crippen molar-refractivity contribution in [3.63, 3.8) is 0 Å². The summed E-state index contributed by atoms with van der Waals surface area (Å²) < 4.78 is 5.66. The zero-order valence-electron chi connectivity index (χ0n) is 9.35. The van der Waals surface area contributed by atoms with E-state index in [1.807, 2.05) is 0 Å². The minimum absolute atomic E-state index is 0.407. The van der Waals surface area contributed by atoms with Crippen LogP contribution in [0.25, 0.3) is 0 Å². The van der Waals surface area contributed by atoms with E-state index in [0.29, 0.717) is 11.6 Å². The summed E-state index contributed by atoms with van der Waals surface area (Å²) in [5.74, 6) is 0. The van der Waals surface area contributed by atoms with Crippen molar-refractivity contribution in [2.24, 2.45) is 0 Å². The third-order valence-electron chi connectivity index (χ3n) is 3.75. The molecule has 1 N–H and O–H groups in total. The van der Waals surface area contributed by atoms with Crippen LogP contribution in [0.5, 0.6) is 0 Å². The highest BCUT2D eigenvalue weighted by molar-refractivity contribution is 4.87. The molecule has 0 bridgehead atoms. The molecule has 0 aromatic heterocycles. The second kappa shape index (κ2) is 4.63. The molecule has 2 aliphatic rings. The Hall–Kier alpha value is -0.0800. The lowest BCUT2D eigenvalue weighted by Gasteiger charge is -2.35. The molecule has 0 spiro atoms. The summed E-state index contributed by atoms with van der Waals surface area (Å²) in [5, 5.41) is 3.66. The van der Waals surface area contributed by atoms with E-state index < -0.39 is 0 Å². The lowest BCUT2D eigenvalue weighted by atomic mass is 9.85. The first-order valence-electron chi connectivity index (χ1n) is 6.15. The quantitative estimate of drug-likeness (QED) is 0.750. The average molecular weight is 197 g/mol. The van der Waals surface area contributed by atoms with E-state index in [2.05, 4.69) is 12.2 Å². The van der Waals surface area contributed by atoms with E-state index in [1.54, 1.807) is 0 Å². The van der Waals surface area contributed by atoms with Gasteiger partial charge in [-0.25, -0.2) is 0 Å². The van der Waals surface area contributed by atoms with Crippen LogP contribution in [0.2, 0.25) is 0 Å². The number of hydrogen-bond donors (Lipinski definition) is 1. The van der Waals surface area contributed by atoms with Gasteiger partial charge in [0.15, 0.2) is 0 Å². The fraction of sp³-hybridized carbons (Fsp3) is 1.00. The van der Waals surface area contributed by atoms with Crippen LogP contribution < -0.4 is 5.32 Å². The molecule has 2 fully saturated rings. The van der Waals surface area contributed by atoms with Crippen molar-refractivity contribution in [3.05, 3.63) is 0 Å². The Labute approximate surface area is 87.4 Å². The van der Waals surface area contributed by atoms with Gasteiger partial charge in [-0.2, -0.15) is 0 Å². The Morgan fingerprint density at radius 3 is 2.93 bits per heavy atom. The fourth-order valence-corrected chi connectivity index (χ4v) is 2.68. The number of piperidine rings is 1. The maximum absolute atomic E-state index is 5.66. The Kier molecular flexibility index (Phi) is 3.45. The maximum atomic E-state index is 5.66. The summed E-state index contributed by atoms with van der Waals surface area (Å²) in [4.78, 5) is 0. The monoisotopic (exact) mass is 197 g/mol. The van der Waals surface area contributed by atoms with E-state index in [4.69, 9.17) is 4.74 Å². The van der Waals surface area contributed by atoms with E-state index in [0.717, 1.165) is 6.61 Å². The lowest BCUT2D eigenvalue weighted by Crippen LogP contribution is -2.46. The first kappa shape index (κ1) is 10.4. The number of ether oxygens (including phenoxy) is 1. The van der Waals surface area contributed by atoms with Gasteiger partial charge in [-0.05, 0) is 52.0 Å². The van der Waals surface area contributed by atoms with Gasteiger partial charge in [0.2, 0.25) is 0 Å². The Bertz CT molecular complexity index is 169. The van der Waals surface area contributed by atoms with Crippen LogP contribution in [0.15, 0.2) is 0 Å². The summed E-state index contributed by atoms with van der Waals surface area (Å²) in [7, 11) is 0.